The first-order chi connectivity index (χ1) is 8.16. The molecule has 1 nitrogen and oxygen atoms in total. The summed E-state index contributed by atoms with van der Waals surface area (Å²) < 4.78 is 25.9. The zero-order valence-corrected chi connectivity index (χ0v) is 10.7. The van der Waals surface area contributed by atoms with Crippen LogP contribution in [-0.4, -0.2) is 18.5 Å². The Labute approximate surface area is 103 Å². The van der Waals surface area contributed by atoms with E-state index in [4.69, 9.17) is 0 Å². The van der Waals surface area contributed by atoms with Crippen molar-refractivity contribution in [2.75, 3.05) is 6.54 Å². The molecule has 0 heterocycles. The molecule has 17 heavy (non-hydrogen) atoms. The highest BCUT2D eigenvalue weighted by molar-refractivity contribution is 4.81. The van der Waals surface area contributed by atoms with Crippen LogP contribution in [0.2, 0.25) is 0 Å². The summed E-state index contributed by atoms with van der Waals surface area (Å²) in [5, 5.41) is 3.47. The Morgan fingerprint density at radius 3 is 2.24 bits per heavy atom. The monoisotopic (exact) mass is 245 g/mol. The van der Waals surface area contributed by atoms with Gasteiger partial charge in [0.1, 0.15) is 0 Å². The molecule has 2 rings (SSSR count). The minimum atomic E-state index is -2.39. The van der Waals surface area contributed by atoms with E-state index < -0.39 is 5.92 Å². The second-order valence-corrected chi connectivity index (χ2v) is 5.88. The number of hydrogen-bond donors (Lipinski definition) is 1. The van der Waals surface area contributed by atoms with Gasteiger partial charge < -0.3 is 5.32 Å². The molecule has 2 aliphatic carbocycles. The van der Waals surface area contributed by atoms with Crippen molar-refractivity contribution in [2.24, 2.45) is 5.92 Å². The van der Waals surface area contributed by atoms with Crippen LogP contribution in [0.15, 0.2) is 0 Å². The molecular weight excluding hydrogens is 220 g/mol. The van der Waals surface area contributed by atoms with Gasteiger partial charge in [-0.05, 0) is 31.7 Å². The molecule has 0 radical (unpaired) electrons. The second kappa shape index (κ2) is 6.12. The molecule has 0 atom stereocenters. The van der Waals surface area contributed by atoms with Crippen molar-refractivity contribution in [2.45, 2.75) is 76.2 Å². The Bertz CT molecular complexity index is 214. The molecule has 0 bridgehead atoms. The maximum absolute atomic E-state index is 13.0. The Balaban J connectivity index is 1.56. The molecule has 2 saturated carbocycles. The largest absolute Gasteiger partial charge is 0.314 e. The highest BCUT2D eigenvalue weighted by Gasteiger charge is 2.34. The van der Waals surface area contributed by atoms with Crippen molar-refractivity contribution in [3.8, 4) is 0 Å². The summed E-state index contributed by atoms with van der Waals surface area (Å²) >= 11 is 0. The summed E-state index contributed by atoms with van der Waals surface area (Å²) in [5.41, 5.74) is 0. The van der Waals surface area contributed by atoms with Crippen molar-refractivity contribution in [3.63, 3.8) is 0 Å². The quantitative estimate of drug-likeness (QED) is 0.785. The van der Waals surface area contributed by atoms with Crippen LogP contribution in [0.5, 0.6) is 0 Å². The van der Waals surface area contributed by atoms with Crippen LogP contribution in [0.1, 0.15) is 64.2 Å². The summed E-state index contributed by atoms with van der Waals surface area (Å²) in [6.45, 7) is 1.03. The number of halogens is 2. The van der Waals surface area contributed by atoms with E-state index in [1.807, 2.05) is 0 Å². The lowest BCUT2D eigenvalue weighted by molar-refractivity contribution is -0.0404. The summed E-state index contributed by atoms with van der Waals surface area (Å²) in [7, 11) is 0. The van der Waals surface area contributed by atoms with Crippen molar-refractivity contribution >= 4 is 0 Å². The van der Waals surface area contributed by atoms with Crippen LogP contribution in [0.4, 0.5) is 8.78 Å². The van der Waals surface area contributed by atoms with Gasteiger partial charge in [-0.3, -0.25) is 0 Å². The zero-order valence-electron chi connectivity index (χ0n) is 10.7. The Morgan fingerprint density at radius 2 is 1.59 bits per heavy atom. The Morgan fingerprint density at radius 1 is 0.941 bits per heavy atom. The van der Waals surface area contributed by atoms with E-state index in [2.05, 4.69) is 5.32 Å². The molecule has 0 aromatic heterocycles. The van der Waals surface area contributed by atoms with Gasteiger partial charge >= 0.3 is 0 Å². The van der Waals surface area contributed by atoms with E-state index >= 15 is 0 Å². The fourth-order valence-corrected chi connectivity index (χ4v) is 3.21. The van der Waals surface area contributed by atoms with Gasteiger partial charge in [-0.1, -0.05) is 32.1 Å². The van der Waals surface area contributed by atoms with E-state index in [1.165, 1.54) is 38.5 Å². The number of alkyl halides is 2. The molecule has 0 unspecified atom stereocenters. The molecule has 2 aliphatic rings. The summed E-state index contributed by atoms with van der Waals surface area (Å²) in [5.74, 6) is -1.50. The van der Waals surface area contributed by atoms with Gasteiger partial charge in [0, 0.05) is 18.9 Å². The normalized spacial score (nSPS) is 27.2. The molecule has 0 aromatic rings. The van der Waals surface area contributed by atoms with Crippen LogP contribution >= 0.6 is 0 Å². The van der Waals surface area contributed by atoms with E-state index in [0.717, 1.165) is 12.5 Å². The van der Waals surface area contributed by atoms with Crippen molar-refractivity contribution in [1.82, 2.24) is 5.32 Å². The Hall–Kier alpha value is -0.180. The van der Waals surface area contributed by atoms with E-state index in [-0.39, 0.29) is 12.8 Å². The molecule has 100 valence electrons. The van der Waals surface area contributed by atoms with Gasteiger partial charge in [0.15, 0.2) is 0 Å². The lowest BCUT2D eigenvalue weighted by Gasteiger charge is -2.29. The summed E-state index contributed by atoms with van der Waals surface area (Å²) in [6.07, 6.45) is 9.64. The standard InChI is InChI=1S/C14H25F2N/c15-14(16)9-6-13(7-10-14)17-11-8-12-4-2-1-3-5-12/h12-13,17H,1-11H2. The molecule has 0 saturated heterocycles. The average molecular weight is 245 g/mol. The molecule has 0 aliphatic heterocycles. The van der Waals surface area contributed by atoms with E-state index in [9.17, 15) is 8.78 Å². The molecule has 0 aromatic carbocycles. The minimum Gasteiger partial charge on any atom is -0.314 e. The summed E-state index contributed by atoms with van der Waals surface area (Å²) in [4.78, 5) is 0. The van der Waals surface area contributed by atoms with E-state index in [0.29, 0.717) is 18.9 Å². The lowest BCUT2D eigenvalue weighted by Crippen LogP contribution is -2.37. The molecular formula is C14H25F2N. The highest BCUT2D eigenvalue weighted by atomic mass is 19.3. The van der Waals surface area contributed by atoms with Crippen molar-refractivity contribution in [3.05, 3.63) is 0 Å². The van der Waals surface area contributed by atoms with Gasteiger partial charge in [0.2, 0.25) is 5.92 Å². The first-order valence-electron chi connectivity index (χ1n) is 7.27. The maximum Gasteiger partial charge on any atom is 0.248 e. The zero-order chi connectivity index (χ0) is 12.1. The first-order valence-corrected chi connectivity index (χ1v) is 7.27. The second-order valence-electron chi connectivity index (χ2n) is 5.88. The number of rotatable bonds is 4. The highest BCUT2D eigenvalue weighted by Crippen LogP contribution is 2.33. The van der Waals surface area contributed by atoms with Gasteiger partial charge in [-0.2, -0.15) is 0 Å². The minimum absolute atomic E-state index is 0.0775. The third kappa shape index (κ3) is 4.53. The lowest BCUT2D eigenvalue weighted by atomic mass is 9.86. The van der Waals surface area contributed by atoms with Crippen LogP contribution in [0.25, 0.3) is 0 Å². The van der Waals surface area contributed by atoms with Gasteiger partial charge in [0.05, 0.1) is 0 Å². The predicted molar refractivity (Wildman–Crippen MR) is 66.4 cm³/mol. The van der Waals surface area contributed by atoms with Gasteiger partial charge in [-0.25, -0.2) is 8.78 Å². The Kier molecular flexibility index (Phi) is 4.78. The summed E-state index contributed by atoms with van der Waals surface area (Å²) in [6, 6.07) is 0.346. The maximum atomic E-state index is 13.0. The average Bonchev–Trinajstić information content (AvgIpc) is 2.33. The topological polar surface area (TPSA) is 12.0 Å². The van der Waals surface area contributed by atoms with Gasteiger partial charge in [0.25, 0.3) is 0 Å². The fraction of sp³-hybridized carbons (Fsp3) is 1.00. The molecule has 0 spiro atoms. The van der Waals surface area contributed by atoms with Crippen LogP contribution in [-0.2, 0) is 0 Å². The molecule has 3 heteroatoms. The van der Waals surface area contributed by atoms with Crippen LogP contribution < -0.4 is 5.32 Å². The molecule has 2 fully saturated rings. The van der Waals surface area contributed by atoms with Gasteiger partial charge in [-0.15, -0.1) is 0 Å². The third-order valence-corrected chi connectivity index (χ3v) is 4.43. The number of nitrogens with one attached hydrogen (secondary N) is 1. The molecule has 0 amide bonds. The smallest absolute Gasteiger partial charge is 0.248 e. The van der Waals surface area contributed by atoms with Crippen molar-refractivity contribution in [1.29, 1.82) is 0 Å². The third-order valence-electron chi connectivity index (χ3n) is 4.43. The predicted octanol–water partition coefficient (Wildman–Crippen LogP) is 4.12. The van der Waals surface area contributed by atoms with E-state index in [1.54, 1.807) is 0 Å². The first kappa shape index (κ1) is 13.3. The van der Waals surface area contributed by atoms with Crippen molar-refractivity contribution < 1.29 is 8.78 Å². The van der Waals surface area contributed by atoms with Crippen LogP contribution in [0.3, 0.4) is 0 Å². The number of hydrogen-bond acceptors (Lipinski definition) is 1. The fourth-order valence-electron chi connectivity index (χ4n) is 3.21. The SMILES string of the molecule is FC1(F)CCC(NCCC2CCCCC2)CC1. The van der Waals surface area contributed by atoms with Crippen LogP contribution in [0, 0.1) is 5.92 Å². The molecule has 1 N–H and O–H groups in total.